The molecule has 18 aromatic carbocycles. The number of para-hydroxylation sites is 5. The topological polar surface area (TPSA) is 16.3 Å². The summed E-state index contributed by atoms with van der Waals surface area (Å²) >= 11 is 0. The molecule has 20 aromatic rings. The van der Waals surface area contributed by atoms with Crippen molar-refractivity contribution in [2.24, 2.45) is 0 Å². The zero-order valence-electron chi connectivity index (χ0n) is 56.9. The fourth-order valence-corrected chi connectivity index (χ4v) is 16.4. The fraction of sp³-hybridized carbons (Fsp3) is 0. The van der Waals surface area contributed by atoms with Crippen molar-refractivity contribution in [1.82, 2.24) is 9.13 Å². The highest BCUT2D eigenvalue weighted by atomic mass is 15.1. The van der Waals surface area contributed by atoms with Gasteiger partial charge in [-0.05, 0) is 244 Å². The van der Waals surface area contributed by atoms with Crippen LogP contribution in [0.5, 0.6) is 0 Å². The molecule has 0 aliphatic heterocycles. The summed E-state index contributed by atoms with van der Waals surface area (Å²) in [5, 5.41) is 14.5. The molecule has 2 heterocycles. The Morgan fingerprint density at radius 1 is 0.154 bits per heavy atom. The molecule has 0 aliphatic carbocycles. The molecule has 0 saturated carbocycles. The highest BCUT2D eigenvalue weighted by Crippen LogP contribution is 2.48. The van der Waals surface area contributed by atoms with Gasteiger partial charge < -0.3 is 18.9 Å². The van der Waals surface area contributed by atoms with Crippen LogP contribution in [0, 0.1) is 0 Å². The molecular weight excluding hydrogens is 1260 g/mol. The molecule has 486 valence electrons. The second-order valence-corrected chi connectivity index (χ2v) is 27.2. The SMILES string of the molecule is c1ccc(N(c2ccc(-c3ccc(N(c4cc(-c5ccc6c(-c7cccc8ccccc78)cc(-c7cccc8ccccc78)cc6c5)cc(-c5cccc6ccccc56)c4)c4ccc5c(c4)c4ccccc4n5-c4ccccc4)cc3)cc2)c2ccc3c(c2)c2ccccc2n3-c2ccccc2)cc1. The van der Waals surface area contributed by atoms with Gasteiger partial charge in [0.15, 0.2) is 0 Å². The number of rotatable bonds is 13. The maximum atomic E-state index is 2.48. The van der Waals surface area contributed by atoms with Crippen LogP contribution in [-0.4, -0.2) is 9.13 Å². The van der Waals surface area contributed by atoms with Crippen LogP contribution >= 0.6 is 0 Å². The smallest absolute Gasteiger partial charge is 0.0542 e. The standard InChI is InChI=1S/C100H66N4/c1-4-29-77(30-5-1)101(82-54-57-99-95(65-82)92-38-16-18-43-97(92)103(99)78-31-6-2-7-32-78)80-50-45-67(46-51-80)68-47-52-81(53-48-68)102(83-55-58-100-96(66-83)93-39-17-19-44-98(93)104(100)79-33-8-3-9-34-79)84-62-73(60-75(63-84)88-40-20-26-69-23-10-13-35-85(69)88)72-49-56-90-74(59-72)61-76(89-41-21-27-70-24-11-14-36-86(70)89)64-94(90)91-42-22-28-71-25-12-15-37-87(71)91/h1-66H. The van der Waals surface area contributed by atoms with Gasteiger partial charge in [-0.25, -0.2) is 0 Å². The quantitative estimate of drug-likeness (QED) is 0.114. The van der Waals surface area contributed by atoms with Crippen LogP contribution in [0.3, 0.4) is 0 Å². The maximum Gasteiger partial charge on any atom is 0.0542 e. The highest BCUT2D eigenvalue weighted by Gasteiger charge is 2.23. The molecule has 0 radical (unpaired) electrons. The van der Waals surface area contributed by atoms with Crippen LogP contribution in [0.1, 0.15) is 0 Å². The summed E-state index contributed by atoms with van der Waals surface area (Å²) < 4.78 is 4.78. The van der Waals surface area contributed by atoms with Crippen molar-refractivity contribution < 1.29 is 0 Å². The van der Waals surface area contributed by atoms with Crippen LogP contribution in [0.15, 0.2) is 400 Å². The molecule has 0 fully saturated rings. The highest BCUT2D eigenvalue weighted by molar-refractivity contribution is 6.14. The zero-order valence-corrected chi connectivity index (χ0v) is 56.9. The van der Waals surface area contributed by atoms with Gasteiger partial charge in [-0.2, -0.15) is 0 Å². The molecule has 0 N–H and O–H groups in total. The van der Waals surface area contributed by atoms with E-state index in [1.807, 2.05) is 0 Å². The van der Waals surface area contributed by atoms with Crippen LogP contribution in [0.2, 0.25) is 0 Å². The van der Waals surface area contributed by atoms with Gasteiger partial charge in [0.25, 0.3) is 0 Å². The van der Waals surface area contributed by atoms with E-state index in [-0.39, 0.29) is 0 Å². The van der Waals surface area contributed by atoms with Crippen molar-refractivity contribution in [3.05, 3.63) is 400 Å². The molecular formula is C100H66N4. The fourth-order valence-electron chi connectivity index (χ4n) is 16.4. The number of benzene rings is 18. The number of hydrogen-bond acceptors (Lipinski definition) is 2. The molecule has 20 rings (SSSR count). The molecule has 0 spiro atoms. The molecule has 0 saturated heterocycles. The number of hydrogen-bond donors (Lipinski definition) is 0. The van der Waals surface area contributed by atoms with E-state index in [1.54, 1.807) is 0 Å². The lowest BCUT2D eigenvalue weighted by atomic mass is 9.88. The van der Waals surface area contributed by atoms with Crippen molar-refractivity contribution in [1.29, 1.82) is 0 Å². The Balaban J connectivity index is 0.753. The summed E-state index contributed by atoms with van der Waals surface area (Å²) in [4.78, 5) is 4.85. The van der Waals surface area contributed by atoms with E-state index in [0.29, 0.717) is 0 Å². The van der Waals surface area contributed by atoms with Crippen LogP contribution in [0.25, 0.3) is 154 Å². The summed E-state index contributed by atoms with van der Waals surface area (Å²) in [6, 6.07) is 148. The van der Waals surface area contributed by atoms with E-state index in [4.69, 9.17) is 0 Å². The molecule has 0 unspecified atom stereocenters. The Kier molecular flexibility index (Phi) is 14.5. The third kappa shape index (κ3) is 10.4. The van der Waals surface area contributed by atoms with E-state index < -0.39 is 0 Å². The first kappa shape index (κ1) is 60.2. The molecule has 2 aromatic heterocycles. The van der Waals surface area contributed by atoms with Gasteiger partial charge in [-0.15, -0.1) is 0 Å². The Morgan fingerprint density at radius 3 is 1.03 bits per heavy atom. The summed E-state index contributed by atoms with van der Waals surface area (Å²) in [6.45, 7) is 0. The Bertz CT molecular complexity index is 6690. The molecule has 0 aliphatic rings. The summed E-state index contributed by atoms with van der Waals surface area (Å²) in [5.41, 5.74) is 24.9. The predicted octanol–water partition coefficient (Wildman–Crippen LogP) is 27.8. The first-order valence-electron chi connectivity index (χ1n) is 35.8. The number of aromatic nitrogens is 2. The zero-order chi connectivity index (χ0) is 68.6. The maximum absolute atomic E-state index is 2.48. The lowest BCUT2D eigenvalue weighted by Crippen LogP contribution is -2.10. The van der Waals surface area contributed by atoms with E-state index >= 15 is 0 Å². The second-order valence-electron chi connectivity index (χ2n) is 27.2. The normalized spacial score (nSPS) is 11.7. The lowest BCUT2D eigenvalue weighted by Gasteiger charge is -2.28. The third-order valence-corrected chi connectivity index (χ3v) is 21.2. The average molecular weight is 1320 g/mol. The van der Waals surface area contributed by atoms with Gasteiger partial charge in [0.05, 0.1) is 22.1 Å². The Morgan fingerprint density at radius 2 is 0.510 bits per heavy atom. The minimum atomic E-state index is 1.04. The first-order chi connectivity index (χ1) is 51.6. The van der Waals surface area contributed by atoms with Crippen molar-refractivity contribution in [3.63, 3.8) is 0 Å². The number of anilines is 6. The van der Waals surface area contributed by atoms with Gasteiger partial charge in [0, 0.05) is 67.0 Å². The van der Waals surface area contributed by atoms with E-state index in [0.717, 1.165) is 84.3 Å². The third-order valence-electron chi connectivity index (χ3n) is 21.2. The second kappa shape index (κ2) is 25.1. The molecule has 4 nitrogen and oxygen atoms in total. The van der Waals surface area contributed by atoms with Gasteiger partial charge >= 0.3 is 0 Å². The van der Waals surface area contributed by atoms with Crippen molar-refractivity contribution in [2.75, 3.05) is 9.80 Å². The van der Waals surface area contributed by atoms with Crippen molar-refractivity contribution in [3.8, 4) is 67.0 Å². The van der Waals surface area contributed by atoms with Crippen molar-refractivity contribution in [2.45, 2.75) is 0 Å². The summed E-state index contributed by atoms with van der Waals surface area (Å²) in [7, 11) is 0. The van der Waals surface area contributed by atoms with Gasteiger partial charge in [0.1, 0.15) is 0 Å². The largest absolute Gasteiger partial charge is 0.310 e. The van der Waals surface area contributed by atoms with Gasteiger partial charge in [-0.3, -0.25) is 0 Å². The minimum Gasteiger partial charge on any atom is -0.310 e. The van der Waals surface area contributed by atoms with Gasteiger partial charge in [0.2, 0.25) is 0 Å². The molecule has 0 bridgehead atoms. The predicted molar refractivity (Wildman–Crippen MR) is 442 cm³/mol. The minimum absolute atomic E-state index is 1.04. The summed E-state index contributed by atoms with van der Waals surface area (Å²) in [6.07, 6.45) is 0. The number of fused-ring (bicyclic) bond motifs is 10. The van der Waals surface area contributed by atoms with E-state index in [1.165, 1.54) is 103 Å². The van der Waals surface area contributed by atoms with Crippen molar-refractivity contribution >= 4 is 121 Å². The monoisotopic (exact) mass is 1320 g/mol. The van der Waals surface area contributed by atoms with Crippen LogP contribution in [0.4, 0.5) is 34.1 Å². The molecule has 4 heteroatoms. The number of nitrogens with zero attached hydrogens (tertiary/aromatic N) is 4. The molecule has 104 heavy (non-hydrogen) atoms. The van der Waals surface area contributed by atoms with E-state index in [2.05, 4.69) is 419 Å². The molecule has 0 atom stereocenters. The Labute approximate surface area is 603 Å². The van der Waals surface area contributed by atoms with Crippen LogP contribution in [-0.2, 0) is 0 Å². The average Bonchev–Trinajstić information content (AvgIpc) is 1.51. The van der Waals surface area contributed by atoms with E-state index in [9.17, 15) is 0 Å². The summed E-state index contributed by atoms with van der Waals surface area (Å²) in [5.74, 6) is 0. The van der Waals surface area contributed by atoms with Gasteiger partial charge in [-0.1, -0.05) is 255 Å². The Hall–Kier alpha value is -13.8. The first-order valence-corrected chi connectivity index (χ1v) is 35.8. The molecule has 0 amide bonds. The lowest BCUT2D eigenvalue weighted by molar-refractivity contribution is 1.18. The van der Waals surface area contributed by atoms with Crippen LogP contribution < -0.4 is 9.80 Å².